The molecule has 0 N–H and O–H groups in total. The van der Waals surface area contributed by atoms with Gasteiger partial charge in [-0.1, -0.05) is 32.8 Å². The van der Waals surface area contributed by atoms with E-state index in [9.17, 15) is 0 Å². The van der Waals surface area contributed by atoms with Crippen LogP contribution in [0.2, 0.25) is 0 Å². The Balaban J connectivity index is 1.79. The first kappa shape index (κ1) is 19.5. The van der Waals surface area contributed by atoms with Crippen LogP contribution in [-0.4, -0.2) is 24.8 Å². The molecule has 1 aromatic heterocycles. The molecule has 0 bridgehead atoms. The molecule has 25 heavy (non-hydrogen) atoms. The maximum absolute atomic E-state index is 5.70. The Morgan fingerprint density at radius 2 is 1.52 bits per heavy atom. The van der Waals surface area contributed by atoms with Crippen LogP contribution in [0.1, 0.15) is 51.5 Å². The monoisotopic (exact) mass is 341 g/mol. The largest absolute Gasteiger partial charge is 0.494 e. The summed E-state index contributed by atoms with van der Waals surface area (Å²) in [6.07, 6.45) is 8.63. The Bertz CT molecular complexity index is 578. The summed E-state index contributed by atoms with van der Waals surface area (Å²) in [5.41, 5.74) is 3.39. The van der Waals surface area contributed by atoms with Gasteiger partial charge >= 0.3 is 0 Å². The van der Waals surface area contributed by atoms with Crippen molar-refractivity contribution < 1.29 is 9.47 Å². The third kappa shape index (κ3) is 7.27. The van der Waals surface area contributed by atoms with Crippen molar-refractivity contribution in [3.05, 3.63) is 48.2 Å². The van der Waals surface area contributed by atoms with E-state index >= 15 is 0 Å². The predicted octanol–water partition coefficient (Wildman–Crippen LogP) is 5.68. The van der Waals surface area contributed by atoms with Crippen LogP contribution < -0.4 is 4.74 Å². The molecule has 0 atom stereocenters. The standard InChI is InChI=1S/C22H31NO2/c1-3-5-15-24-16-7-8-19-9-14-22(23-18-19)20-10-12-21(13-11-20)25-17-6-4-2/h9-14,18H,3-8,15-17H2,1-2H3. The first-order valence-electron chi connectivity index (χ1n) is 9.59. The maximum atomic E-state index is 5.70. The lowest BCUT2D eigenvalue weighted by Crippen LogP contribution is -1.99. The number of unbranched alkanes of at least 4 members (excludes halogenated alkanes) is 2. The summed E-state index contributed by atoms with van der Waals surface area (Å²) in [6.45, 7) is 6.85. The van der Waals surface area contributed by atoms with Crippen molar-refractivity contribution in [2.45, 2.75) is 52.4 Å². The molecule has 0 unspecified atom stereocenters. The lowest BCUT2D eigenvalue weighted by atomic mass is 10.1. The third-order valence-corrected chi connectivity index (χ3v) is 4.14. The van der Waals surface area contributed by atoms with Crippen LogP contribution in [0.15, 0.2) is 42.6 Å². The van der Waals surface area contributed by atoms with Crippen molar-refractivity contribution in [2.75, 3.05) is 19.8 Å². The second-order valence-corrected chi connectivity index (χ2v) is 6.35. The van der Waals surface area contributed by atoms with Crippen LogP contribution in [-0.2, 0) is 11.2 Å². The Kier molecular flexibility index (Phi) is 9.06. The van der Waals surface area contributed by atoms with Gasteiger partial charge in [0.05, 0.1) is 12.3 Å². The molecule has 0 aliphatic heterocycles. The quantitative estimate of drug-likeness (QED) is 0.466. The van der Waals surface area contributed by atoms with E-state index in [4.69, 9.17) is 9.47 Å². The van der Waals surface area contributed by atoms with Gasteiger partial charge in [0.1, 0.15) is 5.75 Å². The smallest absolute Gasteiger partial charge is 0.119 e. The molecule has 0 spiro atoms. The summed E-state index contributed by atoms with van der Waals surface area (Å²) in [6, 6.07) is 12.5. The average Bonchev–Trinajstić information content (AvgIpc) is 2.66. The normalized spacial score (nSPS) is 10.8. The molecule has 0 aliphatic rings. The van der Waals surface area contributed by atoms with Gasteiger partial charge in [0.25, 0.3) is 0 Å². The van der Waals surface area contributed by atoms with E-state index in [1.807, 2.05) is 18.3 Å². The molecular formula is C22H31NO2. The van der Waals surface area contributed by atoms with Crippen molar-refractivity contribution in [3.63, 3.8) is 0 Å². The Morgan fingerprint density at radius 1 is 0.800 bits per heavy atom. The topological polar surface area (TPSA) is 31.4 Å². The van der Waals surface area contributed by atoms with Crippen molar-refractivity contribution in [1.82, 2.24) is 4.98 Å². The fourth-order valence-electron chi connectivity index (χ4n) is 2.53. The van der Waals surface area contributed by atoms with Gasteiger partial charge in [0, 0.05) is 25.0 Å². The highest BCUT2D eigenvalue weighted by molar-refractivity contribution is 5.60. The van der Waals surface area contributed by atoms with E-state index in [0.717, 1.165) is 68.9 Å². The average molecular weight is 341 g/mol. The zero-order valence-electron chi connectivity index (χ0n) is 15.7. The minimum atomic E-state index is 0.783. The Labute approximate surface area is 152 Å². The van der Waals surface area contributed by atoms with E-state index in [-0.39, 0.29) is 0 Å². The first-order valence-corrected chi connectivity index (χ1v) is 9.59. The summed E-state index contributed by atoms with van der Waals surface area (Å²) in [4.78, 5) is 4.60. The number of ether oxygens (including phenoxy) is 2. The van der Waals surface area contributed by atoms with Gasteiger partial charge in [-0.2, -0.15) is 0 Å². The molecule has 3 nitrogen and oxygen atoms in total. The molecule has 0 amide bonds. The van der Waals surface area contributed by atoms with Gasteiger partial charge in [0.2, 0.25) is 0 Å². The highest BCUT2D eigenvalue weighted by atomic mass is 16.5. The molecule has 1 aromatic carbocycles. The number of aromatic nitrogens is 1. The lowest BCUT2D eigenvalue weighted by Gasteiger charge is -2.07. The fourth-order valence-corrected chi connectivity index (χ4v) is 2.53. The van der Waals surface area contributed by atoms with Gasteiger partial charge < -0.3 is 9.47 Å². The van der Waals surface area contributed by atoms with E-state index in [1.54, 1.807) is 0 Å². The number of hydrogen-bond donors (Lipinski definition) is 0. The summed E-state index contributed by atoms with van der Waals surface area (Å²) < 4.78 is 11.3. The highest BCUT2D eigenvalue weighted by Crippen LogP contribution is 2.21. The first-order chi connectivity index (χ1) is 12.3. The minimum absolute atomic E-state index is 0.783. The van der Waals surface area contributed by atoms with Crippen molar-refractivity contribution in [2.24, 2.45) is 0 Å². The SMILES string of the molecule is CCCCOCCCc1ccc(-c2ccc(OCCCC)cc2)nc1. The number of nitrogens with zero attached hydrogens (tertiary/aromatic N) is 1. The molecular weight excluding hydrogens is 310 g/mol. The number of pyridine rings is 1. The zero-order valence-corrected chi connectivity index (χ0v) is 15.7. The summed E-state index contributed by atoms with van der Waals surface area (Å²) in [5, 5.41) is 0. The molecule has 0 fully saturated rings. The van der Waals surface area contributed by atoms with Gasteiger partial charge in [-0.15, -0.1) is 0 Å². The van der Waals surface area contributed by atoms with E-state index in [2.05, 4.69) is 43.1 Å². The zero-order chi connectivity index (χ0) is 17.7. The van der Waals surface area contributed by atoms with Crippen LogP contribution in [0.3, 0.4) is 0 Å². The predicted molar refractivity (Wildman–Crippen MR) is 104 cm³/mol. The van der Waals surface area contributed by atoms with Gasteiger partial charge in [-0.05, 0) is 61.6 Å². The lowest BCUT2D eigenvalue weighted by molar-refractivity contribution is 0.129. The number of aryl methyl sites for hydroxylation is 1. The van der Waals surface area contributed by atoms with Crippen molar-refractivity contribution in [1.29, 1.82) is 0 Å². The second kappa shape index (κ2) is 11.6. The van der Waals surface area contributed by atoms with Gasteiger partial charge in [-0.3, -0.25) is 4.98 Å². The number of rotatable bonds is 12. The second-order valence-electron chi connectivity index (χ2n) is 6.35. The molecule has 0 aliphatic carbocycles. The molecule has 0 radical (unpaired) electrons. The van der Waals surface area contributed by atoms with Crippen molar-refractivity contribution >= 4 is 0 Å². The van der Waals surface area contributed by atoms with Crippen LogP contribution >= 0.6 is 0 Å². The molecule has 136 valence electrons. The highest BCUT2D eigenvalue weighted by Gasteiger charge is 2.01. The van der Waals surface area contributed by atoms with Crippen LogP contribution in [0.25, 0.3) is 11.3 Å². The molecule has 3 heteroatoms. The van der Waals surface area contributed by atoms with E-state index in [0.29, 0.717) is 0 Å². The van der Waals surface area contributed by atoms with Gasteiger partial charge in [0.15, 0.2) is 0 Å². The molecule has 2 aromatic rings. The molecule has 2 rings (SSSR count). The Hall–Kier alpha value is -1.87. The molecule has 0 saturated carbocycles. The van der Waals surface area contributed by atoms with Crippen LogP contribution in [0.4, 0.5) is 0 Å². The minimum Gasteiger partial charge on any atom is -0.494 e. The molecule has 1 heterocycles. The van der Waals surface area contributed by atoms with Crippen LogP contribution in [0, 0.1) is 0 Å². The van der Waals surface area contributed by atoms with Gasteiger partial charge in [-0.25, -0.2) is 0 Å². The van der Waals surface area contributed by atoms with Crippen LogP contribution in [0.5, 0.6) is 5.75 Å². The Morgan fingerprint density at radius 3 is 2.20 bits per heavy atom. The summed E-state index contributed by atoms with van der Waals surface area (Å²) >= 11 is 0. The summed E-state index contributed by atoms with van der Waals surface area (Å²) in [7, 11) is 0. The summed E-state index contributed by atoms with van der Waals surface area (Å²) in [5.74, 6) is 0.928. The van der Waals surface area contributed by atoms with E-state index < -0.39 is 0 Å². The van der Waals surface area contributed by atoms with Crippen molar-refractivity contribution in [3.8, 4) is 17.0 Å². The number of hydrogen-bond acceptors (Lipinski definition) is 3. The van der Waals surface area contributed by atoms with E-state index in [1.165, 1.54) is 12.0 Å². The third-order valence-electron chi connectivity index (χ3n) is 4.14. The number of benzene rings is 1. The maximum Gasteiger partial charge on any atom is 0.119 e. The fraction of sp³-hybridized carbons (Fsp3) is 0.500. The molecule has 0 saturated heterocycles.